The first-order chi connectivity index (χ1) is 8.49. The van der Waals surface area contributed by atoms with Crippen molar-refractivity contribution in [3.8, 4) is 0 Å². The molecule has 1 unspecified atom stereocenters. The Morgan fingerprint density at radius 1 is 1.22 bits per heavy atom. The van der Waals surface area contributed by atoms with Crippen LogP contribution in [0, 0.1) is 0 Å². The van der Waals surface area contributed by atoms with Crippen LogP contribution in [-0.2, 0) is 10.4 Å². The summed E-state index contributed by atoms with van der Waals surface area (Å²) in [5.41, 5.74) is -0.259. The lowest BCUT2D eigenvalue weighted by molar-refractivity contribution is -0.120. The monoisotopic (exact) mass is 243 g/mol. The Labute approximate surface area is 106 Å². The van der Waals surface area contributed by atoms with Crippen LogP contribution in [0.25, 0.3) is 10.8 Å². The van der Waals surface area contributed by atoms with Gasteiger partial charge < -0.3 is 10.4 Å². The van der Waals surface area contributed by atoms with Gasteiger partial charge in [0, 0.05) is 6.92 Å². The summed E-state index contributed by atoms with van der Waals surface area (Å²) in [5, 5.41) is 15.2. The molecule has 3 heteroatoms. The van der Waals surface area contributed by atoms with Gasteiger partial charge in [0.2, 0.25) is 5.91 Å². The minimum absolute atomic E-state index is 0.143. The second kappa shape index (κ2) is 4.78. The van der Waals surface area contributed by atoms with Gasteiger partial charge in [-0.15, -0.1) is 0 Å². The van der Waals surface area contributed by atoms with E-state index in [1.807, 2.05) is 42.5 Å². The Balaban J connectivity index is 2.32. The van der Waals surface area contributed by atoms with Gasteiger partial charge in [0.25, 0.3) is 0 Å². The van der Waals surface area contributed by atoms with Crippen molar-refractivity contribution in [2.75, 3.05) is 6.54 Å². The predicted octanol–water partition coefficient (Wildman–Crippen LogP) is 2.18. The van der Waals surface area contributed by atoms with Crippen LogP contribution in [0.4, 0.5) is 0 Å². The molecule has 2 aromatic carbocycles. The van der Waals surface area contributed by atoms with E-state index in [0.717, 1.165) is 16.3 Å². The van der Waals surface area contributed by atoms with Crippen LogP contribution < -0.4 is 5.32 Å². The topological polar surface area (TPSA) is 49.3 Å². The molecule has 1 amide bonds. The Kier molecular flexibility index (Phi) is 3.34. The number of fused-ring (bicyclic) bond motifs is 1. The van der Waals surface area contributed by atoms with Gasteiger partial charge >= 0.3 is 0 Å². The van der Waals surface area contributed by atoms with E-state index in [1.165, 1.54) is 6.92 Å². The second-order valence-corrected chi connectivity index (χ2v) is 4.75. The minimum atomic E-state index is -1.06. The normalized spacial score (nSPS) is 14.2. The molecule has 0 saturated heterocycles. The average Bonchev–Trinajstić information content (AvgIpc) is 2.36. The third-order valence-electron chi connectivity index (χ3n) is 3.05. The Morgan fingerprint density at radius 3 is 2.56 bits per heavy atom. The third-order valence-corrected chi connectivity index (χ3v) is 3.05. The van der Waals surface area contributed by atoms with E-state index >= 15 is 0 Å². The summed E-state index contributed by atoms with van der Waals surface area (Å²) in [6, 6.07) is 13.8. The molecule has 0 saturated carbocycles. The molecule has 0 aliphatic carbocycles. The zero-order chi connectivity index (χ0) is 13.2. The molecule has 0 spiro atoms. The lowest BCUT2D eigenvalue weighted by Crippen LogP contribution is -2.37. The summed E-state index contributed by atoms with van der Waals surface area (Å²) in [6.45, 7) is 3.35. The Hall–Kier alpha value is -1.87. The molecule has 0 aliphatic heterocycles. The van der Waals surface area contributed by atoms with Crippen LogP contribution in [0.15, 0.2) is 42.5 Å². The van der Waals surface area contributed by atoms with Crippen molar-refractivity contribution >= 4 is 16.7 Å². The van der Waals surface area contributed by atoms with E-state index in [0.29, 0.717) is 0 Å². The standard InChI is InChI=1S/C15H17NO2/c1-11(17)16-10-15(2,18)14-8-7-12-5-3-4-6-13(12)9-14/h3-9,18H,10H2,1-2H3,(H,16,17). The van der Waals surface area contributed by atoms with Crippen molar-refractivity contribution in [2.45, 2.75) is 19.4 Å². The summed E-state index contributed by atoms with van der Waals surface area (Å²) in [4.78, 5) is 10.9. The molecule has 0 aliphatic rings. The molecule has 94 valence electrons. The highest BCUT2D eigenvalue weighted by Crippen LogP contribution is 2.24. The van der Waals surface area contributed by atoms with Gasteiger partial charge in [0.05, 0.1) is 6.54 Å². The molecule has 2 rings (SSSR count). The second-order valence-electron chi connectivity index (χ2n) is 4.75. The number of carbonyl (C=O) groups is 1. The number of aliphatic hydroxyl groups is 1. The molecule has 0 bridgehead atoms. The van der Waals surface area contributed by atoms with Crippen molar-refractivity contribution in [3.05, 3.63) is 48.0 Å². The number of rotatable bonds is 3. The summed E-state index contributed by atoms with van der Waals surface area (Å²) < 4.78 is 0. The first-order valence-corrected chi connectivity index (χ1v) is 5.95. The van der Waals surface area contributed by atoms with Crippen LogP contribution >= 0.6 is 0 Å². The zero-order valence-corrected chi connectivity index (χ0v) is 10.6. The smallest absolute Gasteiger partial charge is 0.216 e. The van der Waals surface area contributed by atoms with Crippen molar-refractivity contribution in [1.29, 1.82) is 0 Å². The number of hydrogen-bond donors (Lipinski definition) is 2. The summed E-state index contributed by atoms with van der Waals surface area (Å²) in [7, 11) is 0. The lowest BCUT2D eigenvalue weighted by atomic mass is 9.93. The van der Waals surface area contributed by atoms with Crippen molar-refractivity contribution in [2.24, 2.45) is 0 Å². The van der Waals surface area contributed by atoms with E-state index < -0.39 is 5.60 Å². The first-order valence-electron chi connectivity index (χ1n) is 5.95. The van der Waals surface area contributed by atoms with E-state index in [2.05, 4.69) is 5.32 Å². The largest absolute Gasteiger partial charge is 0.384 e. The molecule has 18 heavy (non-hydrogen) atoms. The molecule has 0 aromatic heterocycles. The summed E-state index contributed by atoms with van der Waals surface area (Å²) in [6.07, 6.45) is 0. The molecule has 2 aromatic rings. The maximum atomic E-state index is 10.9. The summed E-state index contributed by atoms with van der Waals surface area (Å²) >= 11 is 0. The number of carbonyl (C=O) groups excluding carboxylic acids is 1. The molecule has 0 fully saturated rings. The zero-order valence-electron chi connectivity index (χ0n) is 10.6. The molecular weight excluding hydrogens is 226 g/mol. The highest BCUT2D eigenvalue weighted by Gasteiger charge is 2.23. The van der Waals surface area contributed by atoms with Gasteiger partial charge in [-0.3, -0.25) is 4.79 Å². The number of nitrogens with one attached hydrogen (secondary N) is 1. The molecule has 1 atom stereocenters. The average molecular weight is 243 g/mol. The SMILES string of the molecule is CC(=O)NCC(C)(O)c1ccc2ccccc2c1. The van der Waals surface area contributed by atoms with Gasteiger partial charge in [0.1, 0.15) is 5.60 Å². The highest BCUT2D eigenvalue weighted by molar-refractivity contribution is 5.83. The van der Waals surface area contributed by atoms with Crippen LogP contribution in [-0.4, -0.2) is 17.6 Å². The predicted molar refractivity (Wildman–Crippen MR) is 72.2 cm³/mol. The molecule has 3 nitrogen and oxygen atoms in total. The van der Waals surface area contributed by atoms with E-state index in [1.54, 1.807) is 6.92 Å². The first kappa shape index (κ1) is 12.6. The highest BCUT2D eigenvalue weighted by atomic mass is 16.3. The Morgan fingerprint density at radius 2 is 1.89 bits per heavy atom. The van der Waals surface area contributed by atoms with E-state index in [4.69, 9.17) is 0 Å². The van der Waals surface area contributed by atoms with Crippen LogP contribution in [0.1, 0.15) is 19.4 Å². The number of benzene rings is 2. The molecule has 2 N–H and O–H groups in total. The van der Waals surface area contributed by atoms with Crippen LogP contribution in [0.5, 0.6) is 0 Å². The van der Waals surface area contributed by atoms with Gasteiger partial charge in [-0.2, -0.15) is 0 Å². The molecule has 0 heterocycles. The van der Waals surface area contributed by atoms with Gasteiger partial charge in [-0.05, 0) is 29.3 Å². The van der Waals surface area contributed by atoms with E-state index in [-0.39, 0.29) is 12.5 Å². The van der Waals surface area contributed by atoms with Gasteiger partial charge in [-0.1, -0.05) is 36.4 Å². The van der Waals surface area contributed by atoms with Crippen LogP contribution in [0.2, 0.25) is 0 Å². The van der Waals surface area contributed by atoms with Crippen molar-refractivity contribution in [1.82, 2.24) is 5.32 Å². The fraction of sp³-hybridized carbons (Fsp3) is 0.267. The minimum Gasteiger partial charge on any atom is -0.384 e. The van der Waals surface area contributed by atoms with Gasteiger partial charge in [-0.25, -0.2) is 0 Å². The molecular formula is C15H17NO2. The van der Waals surface area contributed by atoms with Crippen molar-refractivity contribution < 1.29 is 9.90 Å². The van der Waals surface area contributed by atoms with Crippen LogP contribution in [0.3, 0.4) is 0 Å². The fourth-order valence-electron chi connectivity index (χ4n) is 1.92. The van der Waals surface area contributed by atoms with E-state index in [9.17, 15) is 9.90 Å². The summed E-state index contributed by atoms with van der Waals surface area (Å²) in [5.74, 6) is -0.143. The molecule has 0 radical (unpaired) electrons. The maximum absolute atomic E-state index is 10.9. The number of hydrogen-bond acceptors (Lipinski definition) is 2. The Bertz CT molecular complexity index is 575. The number of amides is 1. The third kappa shape index (κ3) is 2.68. The van der Waals surface area contributed by atoms with Gasteiger partial charge in [0.15, 0.2) is 0 Å². The van der Waals surface area contributed by atoms with Crippen molar-refractivity contribution in [3.63, 3.8) is 0 Å². The lowest BCUT2D eigenvalue weighted by Gasteiger charge is -2.24. The quantitative estimate of drug-likeness (QED) is 0.868. The fourth-order valence-corrected chi connectivity index (χ4v) is 1.92. The maximum Gasteiger partial charge on any atom is 0.216 e.